The number of fused-ring (bicyclic) bond motifs is 1. The Bertz CT molecular complexity index is 683. The molecule has 2 heterocycles. The molecular formula is C10H9F3N2OS2. The van der Waals surface area contributed by atoms with E-state index in [0.29, 0.717) is 10.2 Å². The van der Waals surface area contributed by atoms with Gasteiger partial charge in [0, 0.05) is 6.04 Å². The Kier molecular flexibility index (Phi) is 3.33. The lowest BCUT2D eigenvalue weighted by molar-refractivity contribution is -0.141. The lowest BCUT2D eigenvalue weighted by atomic mass is 10.2. The quantitative estimate of drug-likeness (QED) is 0.859. The number of thiophene rings is 1. The Morgan fingerprint density at radius 2 is 2.22 bits per heavy atom. The Morgan fingerprint density at radius 1 is 1.56 bits per heavy atom. The van der Waals surface area contributed by atoms with Gasteiger partial charge in [-0.2, -0.15) is 13.2 Å². The van der Waals surface area contributed by atoms with Gasteiger partial charge in [0.25, 0.3) is 5.56 Å². The number of aromatic nitrogens is 2. The number of aromatic amines is 1. The molecule has 0 aliphatic rings. The summed E-state index contributed by atoms with van der Waals surface area (Å²) in [6.07, 6.45) is -5.41. The van der Waals surface area contributed by atoms with Crippen LogP contribution in [0, 0.1) is 4.77 Å². The van der Waals surface area contributed by atoms with Crippen molar-refractivity contribution in [1.82, 2.24) is 9.55 Å². The largest absolute Gasteiger partial charge is 0.391 e. The maximum Gasteiger partial charge on any atom is 0.391 e. The van der Waals surface area contributed by atoms with Crippen molar-refractivity contribution in [3.63, 3.8) is 0 Å². The zero-order valence-corrected chi connectivity index (χ0v) is 10.9. The molecule has 18 heavy (non-hydrogen) atoms. The molecule has 2 aromatic heterocycles. The summed E-state index contributed by atoms with van der Waals surface area (Å²) in [5, 5.41) is 2.05. The Balaban J connectivity index is 2.57. The highest BCUT2D eigenvalue weighted by Gasteiger charge is 2.31. The van der Waals surface area contributed by atoms with Crippen molar-refractivity contribution in [1.29, 1.82) is 0 Å². The molecular weight excluding hydrogens is 285 g/mol. The number of hydrogen-bond acceptors (Lipinski definition) is 3. The molecule has 0 saturated heterocycles. The molecule has 0 aliphatic heterocycles. The maximum absolute atomic E-state index is 12.4. The minimum absolute atomic E-state index is 0.0201. The second kappa shape index (κ2) is 4.51. The average molecular weight is 294 g/mol. The molecule has 3 nitrogen and oxygen atoms in total. The first-order chi connectivity index (χ1) is 8.29. The summed E-state index contributed by atoms with van der Waals surface area (Å²) in [5.41, 5.74) is -0.480. The number of H-pyrrole nitrogens is 1. The molecule has 0 saturated carbocycles. The first-order valence-electron chi connectivity index (χ1n) is 5.08. The van der Waals surface area contributed by atoms with E-state index < -0.39 is 24.2 Å². The van der Waals surface area contributed by atoms with E-state index in [1.54, 1.807) is 11.4 Å². The number of nitrogens with zero attached hydrogens (tertiary/aromatic N) is 1. The van der Waals surface area contributed by atoms with Crippen LogP contribution in [-0.2, 0) is 0 Å². The van der Waals surface area contributed by atoms with E-state index in [4.69, 9.17) is 12.2 Å². The topological polar surface area (TPSA) is 37.8 Å². The van der Waals surface area contributed by atoms with Gasteiger partial charge in [-0.3, -0.25) is 9.36 Å². The molecule has 0 bridgehead atoms. The molecule has 0 amide bonds. The highest BCUT2D eigenvalue weighted by atomic mass is 32.1. The van der Waals surface area contributed by atoms with Crippen molar-refractivity contribution in [2.24, 2.45) is 0 Å². The van der Waals surface area contributed by atoms with E-state index in [0.717, 1.165) is 4.57 Å². The van der Waals surface area contributed by atoms with E-state index >= 15 is 0 Å². The van der Waals surface area contributed by atoms with Crippen LogP contribution in [0.2, 0.25) is 0 Å². The molecule has 0 spiro atoms. The second-order valence-electron chi connectivity index (χ2n) is 3.94. The highest BCUT2D eigenvalue weighted by Crippen LogP contribution is 2.27. The SMILES string of the molecule is CC(CC(F)(F)F)n1c(=S)[nH]c2sccc2c1=O. The first-order valence-corrected chi connectivity index (χ1v) is 6.37. The van der Waals surface area contributed by atoms with Crippen LogP contribution in [-0.4, -0.2) is 15.7 Å². The van der Waals surface area contributed by atoms with Crippen LogP contribution in [0.4, 0.5) is 13.2 Å². The van der Waals surface area contributed by atoms with Crippen LogP contribution >= 0.6 is 23.6 Å². The number of rotatable bonds is 2. The standard InChI is InChI=1S/C10H9F3N2OS2/c1-5(4-10(11,12)13)15-8(16)6-2-3-18-7(6)14-9(15)17/h2-3,5H,4H2,1H3,(H,14,17). The van der Waals surface area contributed by atoms with Crippen molar-refractivity contribution in [3.05, 3.63) is 26.6 Å². The van der Waals surface area contributed by atoms with Gasteiger partial charge in [-0.1, -0.05) is 0 Å². The first kappa shape index (κ1) is 13.3. The Hall–Kier alpha value is -1.15. The molecule has 0 aliphatic carbocycles. The molecule has 0 aromatic carbocycles. The van der Waals surface area contributed by atoms with Gasteiger partial charge in [0.2, 0.25) is 0 Å². The lowest BCUT2D eigenvalue weighted by Crippen LogP contribution is -2.27. The van der Waals surface area contributed by atoms with Crippen molar-refractivity contribution >= 4 is 33.8 Å². The second-order valence-corrected chi connectivity index (χ2v) is 5.24. The highest BCUT2D eigenvalue weighted by molar-refractivity contribution is 7.71. The van der Waals surface area contributed by atoms with Gasteiger partial charge < -0.3 is 4.98 Å². The Labute approximate surface area is 109 Å². The van der Waals surface area contributed by atoms with Gasteiger partial charge >= 0.3 is 6.18 Å². The van der Waals surface area contributed by atoms with Gasteiger partial charge in [0.05, 0.1) is 11.8 Å². The van der Waals surface area contributed by atoms with Crippen molar-refractivity contribution < 1.29 is 13.2 Å². The Morgan fingerprint density at radius 3 is 2.83 bits per heavy atom. The molecule has 98 valence electrons. The molecule has 1 atom stereocenters. The van der Waals surface area contributed by atoms with Crippen molar-refractivity contribution in [2.75, 3.05) is 0 Å². The minimum Gasteiger partial charge on any atom is -0.323 e. The normalized spacial score (nSPS) is 14.0. The van der Waals surface area contributed by atoms with Crippen molar-refractivity contribution in [2.45, 2.75) is 25.6 Å². The molecule has 0 radical (unpaired) electrons. The van der Waals surface area contributed by atoms with E-state index in [-0.39, 0.29) is 4.77 Å². The van der Waals surface area contributed by atoms with E-state index in [1.165, 1.54) is 18.3 Å². The third-order valence-electron chi connectivity index (χ3n) is 2.52. The predicted molar refractivity (Wildman–Crippen MR) is 66.7 cm³/mol. The van der Waals surface area contributed by atoms with Crippen LogP contribution in [0.1, 0.15) is 19.4 Å². The van der Waals surface area contributed by atoms with Gasteiger partial charge in [-0.05, 0) is 30.6 Å². The summed E-state index contributed by atoms with van der Waals surface area (Å²) in [5.74, 6) is 0. The van der Waals surface area contributed by atoms with Gasteiger partial charge in [-0.15, -0.1) is 11.3 Å². The molecule has 1 unspecified atom stereocenters. The lowest BCUT2D eigenvalue weighted by Gasteiger charge is -2.16. The van der Waals surface area contributed by atoms with E-state index in [2.05, 4.69) is 4.98 Å². The third-order valence-corrected chi connectivity index (χ3v) is 3.65. The fourth-order valence-electron chi connectivity index (χ4n) is 1.78. The van der Waals surface area contributed by atoms with Crippen LogP contribution < -0.4 is 5.56 Å². The van der Waals surface area contributed by atoms with Gasteiger partial charge in [0.1, 0.15) is 4.83 Å². The van der Waals surface area contributed by atoms with E-state index in [9.17, 15) is 18.0 Å². The van der Waals surface area contributed by atoms with Gasteiger partial charge in [-0.25, -0.2) is 0 Å². The molecule has 8 heteroatoms. The summed E-state index contributed by atoms with van der Waals surface area (Å²) in [4.78, 5) is 15.4. The fourth-order valence-corrected chi connectivity index (χ4v) is 2.99. The predicted octanol–water partition coefficient (Wildman–Crippen LogP) is 3.63. The summed E-state index contributed by atoms with van der Waals surface area (Å²) >= 11 is 6.24. The molecule has 2 rings (SSSR count). The number of halogens is 3. The van der Waals surface area contributed by atoms with E-state index in [1.807, 2.05) is 0 Å². The van der Waals surface area contributed by atoms with Gasteiger partial charge in [0.15, 0.2) is 4.77 Å². The smallest absolute Gasteiger partial charge is 0.323 e. The summed E-state index contributed by atoms with van der Waals surface area (Å²) in [7, 11) is 0. The van der Waals surface area contributed by atoms with Crippen LogP contribution in [0.5, 0.6) is 0 Å². The zero-order chi connectivity index (χ0) is 13.5. The monoisotopic (exact) mass is 294 g/mol. The number of alkyl halides is 3. The molecule has 0 fully saturated rings. The number of hydrogen-bond donors (Lipinski definition) is 1. The maximum atomic E-state index is 12.4. The van der Waals surface area contributed by atoms with Crippen LogP contribution in [0.3, 0.4) is 0 Å². The number of nitrogens with one attached hydrogen (secondary N) is 1. The zero-order valence-electron chi connectivity index (χ0n) is 9.25. The minimum atomic E-state index is -4.33. The summed E-state index contributed by atoms with van der Waals surface area (Å²) in [6.45, 7) is 1.33. The molecule has 2 aromatic rings. The van der Waals surface area contributed by atoms with Crippen LogP contribution in [0.15, 0.2) is 16.2 Å². The average Bonchev–Trinajstić information content (AvgIpc) is 2.62. The molecule has 1 N–H and O–H groups in total. The fraction of sp³-hybridized carbons (Fsp3) is 0.400. The summed E-state index contributed by atoms with van der Waals surface area (Å²) in [6, 6.07) is 0.551. The summed E-state index contributed by atoms with van der Waals surface area (Å²) < 4.78 is 38.1. The third kappa shape index (κ3) is 2.49. The van der Waals surface area contributed by atoms with Crippen LogP contribution in [0.25, 0.3) is 10.2 Å². The van der Waals surface area contributed by atoms with Crippen molar-refractivity contribution in [3.8, 4) is 0 Å².